The van der Waals surface area contributed by atoms with Gasteiger partial charge >= 0.3 is 34.0 Å². The molecule has 0 aromatic carbocycles. The Kier molecular flexibility index (Phi) is 54.7. The van der Waals surface area contributed by atoms with Crippen LogP contribution in [0.3, 0.4) is 0 Å². The first kappa shape index (κ1) is 46.7. The van der Waals surface area contributed by atoms with Gasteiger partial charge in [0.25, 0.3) is 0 Å². The molecule has 6 radical (unpaired) electrons. The Morgan fingerprint density at radius 1 is 0.667 bits per heavy atom. The van der Waals surface area contributed by atoms with Gasteiger partial charge in [-0.3, -0.25) is 0 Å². The normalized spacial score (nSPS) is 8.60. The molecule has 0 heterocycles. The van der Waals surface area contributed by atoms with Crippen LogP contribution >= 0.6 is 0 Å². The van der Waals surface area contributed by atoms with E-state index in [-0.39, 0.29) is 19.5 Å². The zero-order valence-electron chi connectivity index (χ0n) is 17.4. The summed E-state index contributed by atoms with van der Waals surface area (Å²) >= 11 is 0. The average Bonchev–Trinajstić information content (AvgIpc) is 2.42. The summed E-state index contributed by atoms with van der Waals surface area (Å²) < 4.78 is 78.0. The number of unbranched alkanes of at least 4 members (excludes halogenated alkanes) is 1. The summed E-state index contributed by atoms with van der Waals surface area (Å²) in [6, 6.07) is 5.25. The second kappa shape index (κ2) is 35.1. The van der Waals surface area contributed by atoms with E-state index in [1.807, 2.05) is 13.8 Å². The van der Waals surface area contributed by atoms with Crippen molar-refractivity contribution in [3.63, 3.8) is 0 Å². The zero-order chi connectivity index (χ0) is 25.1. The second-order valence-corrected chi connectivity index (χ2v) is 4.34. The minimum atomic E-state index is -6.00. The third kappa shape index (κ3) is 548. The van der Waals surface area contributed by atoms with Crippen LogP contribution in [0.2, 0.25) is 0 Å². The monoisotopic (exact) mass is 535 g/mol. The Morgan fingerprint density at radius 2 is 0.767 bits per heavy atom. The first-order valence-electron chi connectivity index (χ1n) is 7.52. The first-order valence-corrected chi connectivity index (χ1v) is 7.52. The zero-order valence-corrected chi connectivity index (χ0v) is 19.1. The molecule has 0 aliphatic carbocycles. The third-order valence-corrected chi connectivity index (χ3v) is 1.15. The Balaban J connectivity index is -0.0000000456. The van der Waals surface area contributed by atoms with Crippen molar-refractivity contribution in [2.75, 3.05) is 0 Å². The van der Waals surface area contributed by atoms with Gasteiger partial charge in [-0.25, -0.2) is 0 Å². The van der Waals surface area contributed by atoms with Gasteiger partial charge in [-0.2, -0.15) is 15.8 Å². The van der Waals surface area contributed by atoms with E-state index in [9.17, 15) is 34.5 Å². The molecular weight excluding hydrogens is 509 g/mol. The fraction of sp³-hybridized carbons (Fsp3) is 0.438. The van der Waals surface area contributed by atoms with Gasteiger partial charge in [0.05, 0.1) is 18.2 Å². The largest absolute Gasteiger partial charge is 2.00 e. The number of hydrogen-bond donors (Lipinski definition) is 0. The summed E-state index contributed by atoms with van der Waals surface area (Å²) in [4.78, 5) is 0. The van der Waals surface area contributed by atoms with Gasteiger partial charge in [-0.05, 0) is 51.4 Å². The molecule has 0 aliphatic heterocycles. The molecule has 174 valence electrons. The van der Waals surface area contributed by atoms with Crippen molar-refractivity contribution in [3.05, 3.63) is 38.5 Å². The number of hydrogen-bond acceptors (Lipinski definition) is 3. The summed E-state index contributed by atoms with van der Waals surface area (Å²) in [7, 11) is -12.0. The smallest absolute Gasteiger partial charge is 0.418 e. The van der Waals surface area contributed by atoms with Crippen LogP contribution in [0, 0.1) is 72.5 Å². The van der Waals surface area contributed by atoms with E-state index < -0.39 is 14.5 Å². The first-order chi connectivity index (χ1) is 12.9. The Morgan fingerprint density at radius 3 is 0.833 bits per heavy atom. The van der Waals surface area contributed by atoms with Crippen molar-refractivity contribution in [1.29, 1.82) is 15.8 Å². The van der Waals surface area contributed by atoms with Gasteiger partial charge in [-0.1, -0.05) is 13.8 Å². The van der Waals surface area contributed by atoms with E-state index in [4.69, 9.17) is 15.8 Å². The molecule has 0 aromatic rings. The molecule has 0 N–H and O–H groups in total. The van der Waals surface area contributed by atoms with Gasteiger partial charge in [0.1, 0.15) is 0 Å². The maximum Gasteiger partial charge on any atom is 2.00 e. The maximum absolute atomic E-state index is 9.75. The van der Waals surface area contributed by atoms with E-state index in [1.165, 1.54) is 20.8 Å². The van der Waals surface area contributed by atoms with Gasteiger partial charge in [0.15, 0.2) is 0 Å². The van der Waals surface area contributed by atoms with Crippen molar-refractivity contribution in [2.24, 2.45) is 0 Å². The number of nitriles is 3. The summed E-state index contributed by atoms with van der Waals surface area (Å²) in [6.45, 7) is 15.9. The van der Waals surface area contributed by atoms with Crippen molar-refractivity contribution in [1.82, 2.24) is 0 Å². The van der Waals surface area contributed by atoms with Crippen molar-refractivity contribution in [3.8, 4) is 18.2 Å². The molecule has 30 heavy (non-hydrogen) atoms. The maximum atomic E-state index is 9.75. The summed E-state index contributed by atoms with van der Waals surface area (Å²) in [5, 5.41) is 22.0. The minimum Gasteiger partial charge on any atom is -0.418 e. The topological polar surface area (TPSA) is 71.4 Å². The number of rotatable bonds is 5. The molecule has 0 amide bonds. The molecule has 0 atom stereocenters. The SMILES string of the molecule is CC#N.CC#N.CC#N.F[B-](F)(F)F.F[B-](F)(F)F.[CH2][C](C)[CH]CC[CH][C]([CH2])C.[Ru+2]. The molecule has 0 unspecified atom stereocenters. The van der Waals surface area contributed by atoms with Crippen molar-refractivity contribution < 1.29 is 54.0 Å². The third-order valence-electron chi connectivity index (χ3n) is 1.15. The van der Waals surface area contributed by atoms with Crippen LogP contribution in [0.15, 0.2) is 0 Å². The summed E-state index contributed by atoms with van der Waals surface area (Å²) in [5.74, 6) is 2.30. The predicted octanol–water partition coefficient (Wildman–Crippen LogP) is 7.22. The number of nitrogens with zero attached hydrogens (tertiary/aromatic N) is 3. The van der Waals surface area contributed by atoms with Crippen LogP contribution in [0.4, 0.5) is 34.5 Å². The molecule has 0 aliphatic rings. The van der Waals surface area contributed by atoms with E-state index in [2.05, 4.69) is 26.7 Å². The van der Waals surface area contributed by atoms with E-state index in [0.717, 1.165) is 24.7 Å². The van der Waals surface area contributed by atoms with Gasteiger partial charge in [0, 0.05) is 20.8 Å². The second-order valence-electron chi connectivity index (χ2n) is 4.34. The standard InChI is InChI=1S/C10H16.3C2H3N.2BF4.Ru/c1-9(2)7-5-6-8-10(3)4;3*1-2-3;2*2-1(3,4)5;/h7-8H,1,3,5-6H2,2,4H3;3*1H3;;;/q;;;;2*-1;+2. The molecular formula is C16H25B2F8N3Ru. The molecule has 0 bridgehead atoms. The molecule has 0 rings (SSSR count). The molecule has 0 aromatic heterocycles. The fourth-order valence-corrected chi connectivity index (χ4v) is 0.659. The van der Waals surface area contributed by atoms with Crippen molar-refractivity contribution in [2.45, 2.75) is 47.5 Å². The van der Waals surface area contributed by atoms with Crippen LogP contribution in [0.1, 0.15) is 47.5 Å². The van der Waals surface area contributed by atoms with E-state index in [0.29, 0.717) is 0 Å². The molecule has 14 heteroatoms. The van der Waals surface area contributed by atoms with Crippen LogP contribution < -0.4 is 0 Å². The Bertz CT molecular complexity index is 364. The van der Waals surface area contributed by atoms with E-state index >= 15 is 0 Å². The van der Waals surface area contributed by atoms with Crippen molar-refractivity contribution >= 4 is 14.5 Å². The van der Waals surface area contributed by atoms with Crippen LogP contribution in [-0.4, -0.2) is 14.5 Å². The predicted molar refractivity (Wildman–Crippen MR) is 101 cm³/mol. The van der Waals surface area contributed by atoms with Gasteiger partial charge in [0.2, 0.25) is 0 Å². The molecule has 0 fully saturated rings. The molecule has 0 saturated heterocycles. The quantitative estimate of drug-likeness (QED) is 0.213. The summed E-state index contributed by atoms with van der Waals surface area (Å²) in [6.07, 6.45) is 6.45. The summed E-state index contributed by atoms with van der Waals surface area (Å²) in [5.41, 5.74) is 0. The van der Waals surface area contributed by atoms with Gasteiger partial charge in [-0.15, -0.1) is 0 Å². The number of halogens is 8. The van der Waals surface area contributed by atoms with E-state index in [1.54, 1.807) is 18.2 Å². The fourth-order valence-electron chi connectivity index (χ4n) is 0.659. The van der Waals surface area contributed by atoms with Crippen LogP contribution in [0.5, 0.6) is 0 Å². The minimum absolute atomic E-state index is 0. The molecule has 0 saturated carbocycles. The Labute approximate surface area is 188 Å². The van der Waals surface area contributed by atoms with Crippen LogP contribution in [-0.2, 0) is 19.5 Å². The molecule has 0 spiro atoms. The van der Waals surface area contributed by atoms with Gasteiger partial charge < -0.3 is 34.5 Å². The Hall–Kier alpha value is -1.34. The van der Waals surface area contributed by atoms with Crippen LogP contribution in [0.25, 0.3) is 0 Å². The average molecular weight is 534 g/mol. The molecule has 3 nitrogen and oxygen atoms in total.